The van der Waals surface area contributed by atoms with Crippen LogP contribution in [0.4, 0.5) is 0 Å². The van der Waals surface area contributed by atoms with Gasteiger partial charge in [-0.1, -0.05) is 23.7 Å². The van der Waals surface area contributed by atoms with Gasteiger partial charge in [0, 0.05) is 9.90 Å². The molecule has 0 fully saturated rings. The molecule has 17 heavy (non-hydrogen) atoms. The van der Waals surface area contributed by atoms with Crippen molar-refractivity contribution in [3.63, 3.8) is 0 Å². The van der Waals surface area contributed by atoms with E-state index >= 15 is 0 Å². The summed E-state index contributed by atoms with van der Waals surface area (Å²) in [6, 6.07) is 10.6. The number of hydrogen-bond donors (Lipinski definition) is 1. The normalized spacial score (nSPS) is 12.7. The Kier molecular flexibility index (Phi) is 4.26. The van der Waals surface area contributed by atoms with Gasteiger partial charge in [-0.2, -0.15) is 0 Å². The molecular formula is C13H13BrClNS. The number of rotatable bonds is 3. The van der Waals surface area contributed by atoms with E-state index < -0.39 is 0 Å². The molecule has 0 spiro atoms. The van der Waals surface area contributed by atoms with Gasteiger partial charge in [0.15, 0.2) is 0 Å². The molecule has 2 rings (SSSR count). The maximum Gasteiger partial charge on any atom is 0.0702 e. The quantitative estimate of drug-likeness (QED) is 0.854. The Balaban J connectivity index is 2.38. The van der Waals surface area contributed by atoms with Crippen molar-refractivity contribution in [2.75, 3.05) is 7.05 Å². The van der Waals surface area contributed by atoms with E-state index in [1.807, 2.05) is 20.0 Å². The Labute approximate surface area is 119 Å². The van der Waals surface area contributed by atoms with Crippen LogP contribution in [0.5, 0.6) is 0 Å². The topological polar surface area (TPSA) is 12.0 Å². The second kappa shape index (κ2) is 5.53. The van der Waals surface area contributed by atoms with Gasteiger partial charge in [0.25, 0.3) is 0 Å². The van der Waals surface area contributed by atoms with Crippen LogP contribution in [0.25, 0.3) is 0 Å². The van der Waals surface area contributed by atoms with Crippen molar-refractivity contribution in [3.05, 3.63) is 55.1 Å². The molecule has 1 aromatic heterocycles. The van der Waals surface area contributed by atoms with E-state index in [9.17, 15) is 0 Å². The molecule has 0 radical (unpaired) electrons. The van der Waals surface area contributed by atoms with E-state index in [0.717, 1.165) is 14.4 Å². The minimum Gasteiger partial charge on any atom is -0.309 e. The Bertz CT molecular complexity index is 524. The molecule has 90 valence electrons. The highest BCUT2D eigenvalue weighted by atomic mass is 79.9. The maximum absolute atomic E-state index is 6.17. The van der Waals surface area contributed by atoms with Gasteiger partial charge in [0.2, 0.25) is 0 Å². The smallest absolute Gasteiger partial charge is 0.0702 e. The van der Waals surface area contributed by atoms with Gasteiger partial charge in [0.1, 0.15) is 0 Å². The summed E-state index contributed by atoms with van der Waals surface area (Å²) in [5.41, 5.74) is 2.30. The van der Waals surface area contributed by atoms with Gasteiger partial charge in [-0.25, -0.2) is 0 Å². The second-order valence-corrected chi connectivity index (χ2v) is 6.77. The fourth-order valence-corrected chi connectivity index (χ4v) is 3.50. The van der Waals surface area contributed by atoms with Crippen LogP contribution in [0.1, 0.15) is 22.0 Å². The summed E-state index contributed by atoms with van der Waals surface area (Å²) in [5, 5.41) is 4.14. The van der Waals surface area contributed by atoms with E-state index in [2.05, 4.69) is 45.5 Å². The highest BCUT2D eigenvalue weighted by Gasteiger charge is 2.14. The van der Waals surface area contributed by atoms with E-state index in [1.165, 1.54) is 10.4 Å². The third-order valence-corrected chi connectivity index (χ3v) is 4.79. The van der Waals surface area contributed by atoms with Crippen LogP contribution in [0.15, 0.2) is 34.1 Å². The standard InChI is InChI=1S/C13H13BrClNS/c1-8-3-4-9(7-10(8)15)13(16-2)11-5-6-12(14)17-11/h3-7,13,16H,1-2H3. The van der Waals surface area contributed by atoms with Gasteiger partial charge in [-0.3, -0.25) is 0 Å². The molecule has 0 saturated carbocycles. The zero-order valence-electron chi connectivity index (χ0n) is 9.63. The monoisotopic (exact) mass is 329 g/mol. The zero-order chi connectivity index (χ0) is 12.4. The predicted octanol–water partition coefficient (Wildman–Crippen LogP) is 4.78. The van der Waals surface area contributed by atoms with E-state index in [4.69, 9.17) is 11.6 Å². The molecule has 1 N–H and O–H groups in total. The molecule has 0 bridgehead atoms. The minimum atomic E-state index is 0.199. The van der Waals surface area contributed by atoms with Crippen molar-refractivity contribution in [3.8, 4) is 0 Å². The average molecular weight is 331 g/mol. The van der Waals surface area contributed by atoms with Crippen molar-refractivity contribution in [1.29, 1.82) is 0 Å². The average Bonchev–Trinajstić information content (AvgIpc) is 2.71. The van der Waals surface area contributed by atoms with Crippen molar-refractivity contribution in [1.82, 2.24) is 5.32 Å². The predicted molar refractivity (Wildman–Crippen MR) is 79.1 cm³/mol. The minimum absolute atomic E-state index is 0.199. The number of hydrogen-bond acceptors (Lipinski definition) is 2. The molecule has 1 aromatic carbocycles. The molecule has 0 aliphatic rings. The number of nitrogens with one attached hydrogen (secondary N) is 1. The van der Waals surface area contributed by atoms with Gasteiger partial charge in [-0.05, 0) is 59.2 Å². The molecule has 4 heteroatoms. The molecule has 0 aliphatic carbocycles. The summed E-state index contributed by atoms with van der Waals surface area (Å²) in [5.74, 6) is 0. The fraction of sp³-hybridized carbons (Fsp3) is 0.231. The largest absolute Gasteiger partial charge is 0.309 e. The molecular weight excluding hydrogens is 318 g/mol. The lowest BCUT2D eigenvalue weighted by Crippen LogP contribution is -2.16. The first-order chi connectivity index (χ1) is 8.11. The maximum atomic E-state index is 6.17. The summed E-state index contributed by atoms with van der Waals surface area (Å²) in [7, 11) is 1.96. The summed E-state index contributed by atoms with van der Waals surface area (Å²) in [4.78, 5) is 1.28. The highest BCUT2D eigenvalue weighted by molar-refractivity contribution is 9.11. The van der Waals surface area contributed by atoms with Crippen molar-refractivity contribution in [2.24, 2.45) is 0 Å². The SMILES string of the molecule is CNC(c1ccc(C)c(Cl)c1)c1ccc(Br)s1. The molecule has 1 heterocycles. The Morgan fingerprint density at radius 3 is 2.59 bits per heavy atom. The number of benzene rings is 1. The fourth-order valence-electron chi connectivity index (χ4n) is 1.75. The van der Waals surface area contributed by atoms with E-state index in [-0.39, 0.29) is 6.04 Å². The summed E-state index contributed by atoms with van der Waals surface area (Å²) < 4.78 is 1.14. The van der Waals surface area contributed by atoms with E-state index in [0.29, 0.717) is 0 Å². The first kappa shape index (κ1) is 13.1. The Hall–Kier alpha value is -0.350. The Morgan fingerprint density at radius 1 is 1.29 bits per heavy atom. The van der Waals surface area contributed by atoms with Crippen LogP contribution in [-0.4, -0.2) is 7.05 Å². The van der Waals surface area contributed by atoms with Crippen molar-refractivity contribution < 1.29 is 0 Å². The van der Waals surface area contributed by atoms with Gasteiger partial charge in [-0.15, -0.1) is 11.3 Å². The lowest BCUT2D eigenvalue weighted by Gasteiger charge is -2.15. The summed E-state index contributed by atoms with van der Waals surface area (Å²) >= 11 is 11.4. The van der Waals surface area contributed by atoms with Crippen LogP contribution >= 0.6 is 38.9 Å². The molecule has 0 aliphatic heterocycles. The summed E-state index contributed by atoms with van der Waals surface area (Å²) in [6.45, 7) is 2.02. The van der Waals surface area contributed by atoms with Crippen LogP contribution < -0.4 is 5.32 Å². The molecule has 0 amide bonds. The van der Waals surface area contributed by atoms with Crippen molar-refractivity contribution >= 4 is 38.9 Å². The number of halogens is 2. The van der Waals surface area contributed by atoms with Crippen LogP contribution in [0, 0.1) is 6.92 Å². The van der Waals surface area contributed by atoms with Crippen LogP contribution in [-0.2, 0) is 0 Å². The number of aryl methyl sites for hydroxylation is 1. The van der Waals surface area contributed by atoms with Crippen LogP contribution in [0.3, 0.4) is 0 Å². The van der Waals surface area contributed by atoms with Gasteiger partial charge >= 0.3 is 0 Å². The van der Waals surface area contributed by atoms with E-state index in [1.54, 1.807) is 11.3 Å². The molecule has 1 atom stereocenters. The zero-order valence-corrected chi connectivity index (χ0v) is 12.8. The molecule has 0 saturated heterocycles. The first-order valence-electron chi connectivity index (χ1n) is 5.30. The lowest BCUT2D eigenvalue weighted by molar-refractivity contribution is 0.704. The highest BCUT2D eigenvalue weighted by Crippen LogP contribution is 2.32. The lowest BCUT2D eigenvalue weighted by atomic mass is 10.0. The third kappa shape index (κ3) is 2.91. The van der Waals surface area contributed by atoms with Gasteiger partial charge in [0.05, 0.1) is 9.83 Å². The molecule has 1 nitrogen and oxygen atoms in total. The first-order valence-corrected chi connectivity index (χ1v) is 7.29. The molecule has 2 aromatic rings. The summed E-state index contributed by atoms with van der Waals surface area (Å²) in [6.07, 6.45) is 0. The second-order valence-electron chi connectivity index (χ2n) is 3.87. The number of thiophene rings is 1. The Morgan fingerprint density at radius 2 is 2.06 bits per heavy atom. The van der Waals surface area contributed by atoms with Gasteiger partial charge < -0.3 is 5.32 Å². The molecule has 1 unspecified atom stereocenters. The van der Waals surface area contributed by atoms with Crippen molar-refractivity contribution in [2.45, 2.75) is 13.0 Å². The van der Waals surface area contributed by atoms with Crippen LogP contribution in [0.2, 0.25) is 5.02 Å². The third-order valence-electron chi connectivity index (χ3n) is 2.70.